The van der Waals surface area contributed by atoms with Gasteiger partial charge in [-0.2, -0.15) is 0 Å². The molecule has 1 aliphatic heterocycles. The first-order chi connectivity index (χ1) is 9.58. The van der Waals surface area contributed by atoms with E-state index in [0.717, 1.165) is 19.6 Å². The van der Waals surface area contributed by atoms with Gasteiger partial charge in [0.15, 0.2) is 0 Å². The Morgan fingerprint density at radius 2 is 1.90 bits per heavy atom. The average Bonchev–Trinajstić information content (AvgIpc) is 2.31. The third-order valence-electron chi connectivity index (χ3n) is 4.18. The van der Waals surface area contributed by atoms with E-state index in [9.17, 15) is 0 Å². The van der Waals surface area contributed by atoms with E-state index in [-0.39, 0.29) is 11.0 Å². The maximum atomic E-state index is 6.15. The van der Waals surface area contributed by atoms with E-state index in [0.29, 0.717) is 16.1 Å². The topological polar surface area (TPSA) is 15.3 Å². The van der Waals surface area contributed by atoms with Crippen molar-refractivity contribution in [2.75, 3.05) is 13.1 Å². The van der Waals surface area contributed by atoms with Crippen LogP contribution >= 0.6 is 23.2 Å². The van der Waals surface area contributed by atoms with Gasteiger partial charge in [-0.05, 0) is 37.0 Å². The highest BCUT2D eigenvalue weighted by molar-refractivity contribution is 6.42. The molecule has 1 aliphatic rings. The van der Waals surface area contributed by atoms with Gasteiger partial charge in [0, 0.05) is 31.2 Å². The molecular weight excluding hydrogens is 303 g/mol. The van der Waals surface area contributed by atoms with Crippen molar-refractivity contribution >= 4 is 23.2 Å². The predicted octanol–water partition coefficient (Wildman–Crippen LogP) is 4.59. The smallest absolute Gasteiger partial charge is 0.0595 e. The van der Waals surface area contributed by atoms with Gasteiger partial charge in [-0.15, -0.1) is 0 Å². The Balaban J connectivity index is 2.21. The van der Waals surface area contributed by atoms with Gasteiger partial charge in [-0.1, -0.05) is 50.0 Å². The first-order valence-electron chi connectivity index (χ1n) is 7.51. The van der Waals surface area contributed by atoms with Gasteiger partial charge in [0.05, 0.1) is 10.0 Å². The summed E-state index contributed by atoms with van der Waals surface area (Å²) in [6.45, 7) is 14.4. The molecule has 0 bridgehead atoms. The molecular formula is C17H26Cl2N2. The molecule has 0 saturated carbocycles. The molecule has 0 aliphatic carbocycles. The zero-order valence-corrected chi connectivity index (χ0v) is 15.1. The second-order valence-corrected chi connectivity index (χ2v) is 8.61. The number of rotatable bonds is 2. The van der Waals surface area contributed by atoms with Crippen LogP contribution in [-0.4, -0.2) is 29.6 Å². The van der Waals surface area contributed by atoms with Crippen molar-refractivity contribution in [3.63, 3.8) is 0 Å². The summed E-state index contributed by atoms with van der Waals surface area (Å²) in [5.41, 5.74) is 1.59. The lowest BCUT2D eigenvalue weighted by molar-refractivity contribution is 0.0272. The molecule has 2 rings (SSSR count). The van der Waals surface area contributed by atoms with E-state index in [1.807, 2.05) is 12.1 Å². The van der Waals surface area contributed by atoms with E-state index < -0.39 is 0 Å². The molecule has 118 valence electrons. The molecule has 1 heterocycles. The Morgan fingerprint density at radius 1 is 1.24 bits per heavy atom. The lowest BCUT2D eigenvalue weighted by Gasteiger charge is -2.49. The van der Waals surface area contributed by atoms with E-state index in [1.54, 1.807) is 0 Å². The maximum absolute atomic E-state index is 6.15. The average molecular weight is 329 g/mol. The lowest BCUT2D eigenvalue weighted by atomic mass is 9.82. The van der Waals surface area contributed by atoms with Gasteiger partial charge in [0.25, 0.3) is 0 Å². The highest BCUT2D eigenvalue weighted by Gasteiger charge is 2.38. The zero-order chi connectivity index (χ0) is 15.8. The second-order valence-electron chi connectivity index (χ2n) is 7.80. The minimum absolute atomic E-state index is 0.137. The summed E-state index contributed by atoms with van der Waals surface area (Å²) >= 11 is 12.2. The SMILES string of the molecule is CC1(C)CN(Cc2ccc(Cl)c(Cl)c2)C(C(C)(C)C)CN1. The van der Waals surface area contributed by atoms with Crippen LogP contribution in [0.3, 0.4) is 0 Å². The minimum atomic E-state index is 0.137. The summed E-state index contributed by atoms with van der Waals surface area (Å²) in [7, 11) is 0. The number of hydrogen-bond acceptors (Lipinski definition) is 2. The van der Waals surface area contributed by atoms with Gasteiger partial charge >= 0.3 is 0 Å². The molecule has 1 atom stereocenters. The summed E-state index contributed by atoms with van der Waals surface area (Å²) in [6, 6.07) is 6.44. The summed E-state index contributed by atoms with van der Waals surface area (Å²) in [6.07, 6.45) is 0. The Labute approximate surface area is 138 Å². The maximum Gasteiger partial charge on any atom is 0.0595 e. The monoisotopic (exact) mass is 328 g/mol. The van der Waals surface area contributed by atoms with Gasteiger partial charge in [0.2, 0.25) is 0 Å². The van der Waals surface area contributed by atoms with E-state index >= 15 is 0 Å². The van der Waals surface area contributed by atoms with Crippen LogP contribution in [0.25, 0.3) is 0 Å². The molecule has 4 heteroatoms. The van der Waals surface area contributed by atoms with Crippen molar-refractivity contribution in [2.24, 2.45) is 5.41 Å². The Bertz CT molecular complexity index is 506. The molecule has 1 aromatic carbocycles. The van der Waals surface area contributed by atoms with Crippen LogP contribution in [0.5, 0.6) is 0 Å². The lowest BCUT2D eigenvalue weighted by Crippen LogP contribution is -2.64. The molecule has 21 heavy (non-hydrogen) atoms. The van der Waals surface area contributed by atoms with Crippen molar-refractivity contribution in [1.29, 1.82) is 0 Å². The van der Waals surface area contributed by atoms with Gasteiger partial charge in [0.1, 0.15) is 0 Å². The molecule has 0 aromatic heterocycles. The standard InChI is InChI=1S/C17H26Cl2N2/c1-16(2,3)15-9-20-17(4,5)11-21(15)10-12-6-7-13(18)14(19)8-12/h6-8,15,20H,9-11H2,1-5H3. The fourth-order valence-corrected chi connectivity index (χ4v) is 3.39. The molecule has 1 saturated heterocycles. The molecule has 2 nitrogen and oxygen atoms in total. The van der Waals surface area contributed by atoms with Gasteiger partial charge in [-0.25, -0.2) is 0 Å². The summed E-state index contributed by atoms with van der Waals surface area (Å²) in [4.78, 5) is 2.57. The first kappa shape index (κ1) is 17.1. The molecule has 1 fully saturated rings. The van der Waals surface area contributed by atoms with Crippen LogP contribution < -0.4 is 5.32 Å². The van der Waals surface area contributed by atoms with Crippen molar-refractivity contribution in [3.8, 4) is 0 Å². The number of nitrogens with one attached hydrogen (secondary N) is 1. The second kappa shape index (κ2) is 6.08. The van der Waals surface area contributed by atoms with Crippen LogP contribution in [0.2, 0.25) is 10.0 Å². The highest BCUT2D eigenvalue weighted by Crippen LogP contribution is 2.31. The molecule has 0 spiro atoms. The third kappa shape index (κ3) is 4.35. The van der Waals surface area contributed by atoms with Crippen LogP contribution in [0.1, 0.15) is 40.2 Å². The molecule has 1 aromatic rings. The van der Waals surface area contributed by atoms with Crippen molar-refractivity contribution in [1.82, 2.24) is 10.2 Å². The first-order valence-corrected chi connectivity index (χ1v) is 8.27. The van der Waals surface area contributed by atoms with Crippen LogP contribution in [0.15, 0.2) is 18.2 Å². The quantitative estimate of drug-likeness (QED) is 0.853. The zero-order valence-electron chi connectivity index (χ0n) is 13.6. The van der Waals surface area contributed by atoms with Crippen LogP contribution in [-0.2, 0) is 6.54 Å². The van der Waals surface area contributed by atoms with Crippen LogP contribution in [0, 0.1) is 5.41 Å². The van der Waals surface area contributed by atoms with E-state index in [2.05, 4.69) is 50.9 Å². The Hall–Kier alpha value is -0.280. The summed E-state index contributed by atoms with van der Waals surface area (Å²) in [5.74, 6) is 0. The molecule has 1 N–H and O–H groups in total. The fraction of sp³-hybridized carbons (Fsp3) is 0.647. The molecule has 1 unspecified atom stereocenters. The predicted molar refractivity (Wildman–Crippen MR) is 92.2 cm³/mol. The molecule has 0 amide bonds. The van der Waals surface area contributed by atoms with Crippen molar-refractivity contribution < 1.29 is 0 Å². The van der Waals surface area contributed by atoms with E-state index in [1.165, 1.54) is 5.56 Å². The van der Waals surface area contributed by atoms with Gasteiger partial charge < -0.3 is 5.32 Å². The van der Waals surface area contributed by atoms with Gasteiger partial charge in [-0.3, -0.25) is 4.90 Å². The number of halogens is 2. The number of benzene rings is 1. The summed E-state index contributed by atoms with van der Waals surface area (Å²) in [5, 5.41) is 4.92. The normalized spacial score (nSPS) is 23.3. The number of hydrogen-bond donors (Lipinski definition) is 1. The number of piperazine rings is 1. The largest absolute Gasteiger partial charge is 0.309 e. The number of nitrogens with zero attached hydrogens (tertiary/aromatic N) is 1. The minimum Gasteiger partial charge on any atom is -0.309 e. The van der Waals surface area contributed by atoms with E-state index in [4.69, 9.17) is 23.2 Å². The fourth-order valence-electron chi connectivity index (χ4n) is 3.07. The Kier molecular flexibility index (Phi) is 4.94. The summed E-state index contributed by atoms with van der Waals surface area (Å²) < 4.78 is 0. The molecule has 0 radical (unpaired) electrons. The Morgan fingerprint density at radius 3 is 2.48 bits per heavy atom. The van der Waals surface area contributed by atoms with Crippen molar-refractivity contribution in [2.45, 2.75) is 52.7 Å². The van der Waals surface area contributed by atoms with Crippen molar-refractivity contribution in [3.05, 3.63) is 33.8 Å². The van der Waals surface area contributed by atoms with Crippen LogP contribution in [0.4, 0.5) is 0 Å². The highest BCUT2D eigenvalue weighted by atomic mass is 35.5. The third-order valence-corrected chi connectivity index (χ3v) is 4.92.